The highest BCUT2D eigenvalue weighted by molar-refractivity contribution is 5.97. The lowest BCUT2D eigenvalue weighted by molar-refractivity contribution is 0.0688. The summed E-state index contributed by atoms with van der Waals surface area (Å²) in [6.45, 7) is 1.28. The van der Waals surface area contributed by atoms with E-state index in [9.17, 15) is 14.7 Å². The summed E-state index contributed by atoms with van der Waals surface area (Å²) in [6.07, 6.45) is 5.07. The molecule has 1 N–H and O–H groups in total. The summed E-state index contributed by atoms with van der Waals surface area (Å²) in [4.78, 5) is 34.6. The van der Waals surface area contributed by atoms with E-state index in [0.717, 1.165) is 23.9 Å². The normalized spacial score (nSPS) is 17.0. The third-order valence-corrected chi connectivity index (χ3v) is 5.03. The number of carbonyl (C=O) groups excluding carboxylic acids is 1. The average molecular weight is 361 g/mol. The Hall–Kier alpha value is -3.28. The standard InChI is InChI=1S/C21H19N3O3/c25-20(15-6-7-18-19(12-15)23-9-8-22-18)24-10-2-5-17(13-24)14-3-1-4-16(11-14)21(26)27/h1,3-4,6-9,11-12,17H,2,5,10,13H2,(H,26,27)/t17-/m1/s1. The van der Waals surface area contributed by atoms with Gasteiger partial charge in [0.25, 0.3) is 5.91 Å². The van der Waals surface area contributed by atoms with Crippen molar-refractivity contribution >= 4 is 22.9 Å². The lowest BCUT2D eigenvalue weighted by Gasteiger charge is -2.33. The molecule has 3 aromatic rings. The molecule has 0 bridgehead atoms. The topological polar surface area (TPSA) is 83.4 Å². The van der Waals surface area contributed by atoms with Crippen LogP contribution in [0.5, 0.6) is 0 Å². The Morgan fingerprint density at radius 1 is 1.00 bits per heavy atom. The number of carboxylic acid groups (broad SMARTS) is 1. The zero-order chi connectivity index (χ0) is 18.8. The molecular formula is C21H19N3O3. The molecule has 6 nitrogen and oxygen atoms in total. The fraction of sp³-hybridized carbons (Fsp3) is 0.238. The van der Waals surface area contributed by atoms with Crippen LogP contribution in [-0.4, -0.2) is 44.9 Å². The molecule has 1 amide bonds. The van der Waals surface area contributed by atoms with E-state index >= 15 is 0 Å². The first kappa shape index (κ1) is 17.1. The molecule has 0 aliphatic carbocycles. The van der Waals surface area contributed by atoms with Gasteiger partial charge in [-0.3, -0.25) is 14.8 Å². The minimum absolute atomic E-state index is 0.0263. The predicted octanol–water partition coefficient (Wildman–Crippen LogP) is 3.35. The number of piperidine rings is 1. The van der Waals surface area contributed by atoms with Gasteiger partial charge in [-0.25, -0.2) is 4.79 Å². The van der Waals surface area contributed by atoms with Crippen LogP contribution in [0.3, 0.4) is 0 Å². The van der Waals surface area contributed by atoms with Crippen LogP contribution in [0.25, 0.3) is 11.0 Å². The second-order valence-corrected chi connectivity index (χ2v) is 6.78. The summed E-state index contributed by atoms with van der Waals surface area (Å²) in [6, 6.07) is 12.4. The van der Waals surface area contributed by atoms with Crippen molar-refractivity contribution in [1.29, 1.82) is 0 Å². The number of rotatable bonds is 3. The first-order valence-corrected chi connectivity index (χ1v) is 8.95. The van der Waals surface area contributed by atoms with Crippen molar-refractivity contribution in [2.24, 2.45) is 0 Å². The van der Waals surface area contributed by atoms with Crippen LogP contribution in [0.15, 0.2) is 54.9 Å². The largest absolute Gasteiger partial charge is 0.478 e. The van der Waals surface area contributed by atoms with Gasteiger partial charge in [-0.05, 0) is 48.7 Å². The number of benzene rings is 2. The molecule has 2 aromatic carbocycles. The summed E-state index contributed by atoms with van der Waals surface area (Å²) >= 11 is 0. The number of hydrogen-bond acceptors (Lipinski definition) is 4. The summed E-state index contributed by atoms with van der Waals surface area (Å²) in [5, 5.41) is 9.21. The Kier molecular flexibility index (Phi) is 4.54. The van der Waals surface area contributed by atoms with Crippen LogP contribution in [0, 0.1) is 0 Å². The molecule has 0 unspecified atom stereocenters. The Morgan fingerprint density at radius 2 is 1.81 bits per heavy atom. The molecule has 27 heavy (non-hydrogen) atoms. The second-order valence-electron chi connectivity index (χ2n) is 6.78. The second kappa shape index (κ2) is 7.15. The predicted molar refractivity (Wildman–Crippen MR) is 101 cm³/mol. The van der Waals surface area contributed by atoms with Gasteiger partial charge in [0.05, 0.1) is 16.6 Å². The fourth-order valence-corrected chi connectivity index (χ4v) is 3.64. The minimum Gasteiger partial charge on any atom is -0.478 e. The van der Waals surface area contributed by atoms with E-state index in [1.165, 1.54) is 0 Å². The number of aromatic nitrogens is 2. The van der Waals surface area contributed by atoms with E-state index < -0.39 is 5.97 Å². The number of amides is 1. The SMILES string of the molecule is O=C(O)c1cccc([C@@H]2CCCN(C(=O)c3ccc4nccnc4c3)C2)c1. The summed E-state index contributed by atoms with van der Waals surface area (Å²) in [5.41, 5.74) is 3.31. The maximum absolute atomic E-state index is 13.0. The average Bonchev–Trinajstić information content (AvgIpc) is 2.73. The monoisotopic (exact) mass is 361 g/mol. The van der Waals surface area contributed by atoms with Crippen LogP contribution < -0.4 is 0 Å². The highest BCUT2D eigenvalue weighted by Crippen LogP contribution is 2.28. The molecule has 136 valence electrons. The zero-order valence-electron chi connectivity index (χ0n) is 14.7. The van der Waals surface area contributed by atoms with Gasteiger partial charge in [-0.1, -0.05) is 12.1 Å². The van der Waals surface area contributed by atoms with Crippen LogP contribution >= 0.6 is 0 Å². The lowest BCUT2D eigenvalue weighted by Crippen LogP contribution is -2.39. The van der Waals surface area contributed by atoms with E-state index in [1.807, 2.05) is 17.0 Å². The molecule has 1 fully saturated rings. The van der Waals surface area contributed by atoms with Gasteiger partial charge in [0.2, 0.25) is 0 Å². The van der Waals surface area contributed by atoms with Crippen LogP contribution in [-0.2, 0) is 0 Å². The van der Waals surface area contributed by atoms with Crippen molar-refractivity contribution in [3.63, 3.8) is 0 Å². The Bertz CT molecular complexity index is 1020. The first-order chi connectivity index (χ1) is 13.1. The molecule has 1 aromatic heterocycles. The van der Waals surface area contributed by atoms with Crippen molar-refractivity contribution in [3.8, 4) is 0 Å². The summed E-state index contributed by atoms with van der Waals surface area (Å²) in [7, 11) is 0. The Morgan fingerprint density at radius 3 is 2.63 bits per heavy atom. The van der Waals surface area contributed by atoms with E-state index in [0.29, 0.717) is 24.2 Å². The molecular weight excluding hydrogens is 342 g/mol. The van der Waals surface area contributed by atoms with Gasteiger partial charge >= 0.3 is 5.97 Å². The Labute approximate surface area is 156 Å². The molecule has 1 aliphatic rings. The lowest BCUT2D eigenvalue weighted by atomic mass is 9.89. The number of hydrogen-bond donors (Lipinski definition) is 1. The minimum atomic E-state index is -0.933. The molecule has 0 saturated carbocycles. The van der Waals surface area contributed by atoms with Gasteiger partial charge < -0.3 is 10.0 Å². The van der Waals surface area contributed by atoms with Gasteiger partial charge in [0.15, 0.2) is 0 Å². The van der Waals surface area contributed by atoms with E-state index in [4.69, 9.17) is 0 Å². The van der Waals surface area contributed by atoms with E-state index in [1.54, 1.807) is 42.7 Å². The van der Waals surface area contributed by atoms with E-state index in [-0.39, 0.29) is 17.4 Å². The number of fused-ring (bicyclic) bond motifs is 1. The number of aromatic carboxylic acids is 1. The quantitative estimate of drug-likeness (QED) is 0.773. The van der Waals surface area contributed by atoms with Crippen molar-refractivity contribution < 1.29 is 14.7 Å². The third kappa shape index (κ3) is 3.51. The highest BCUT2D eigenvalue weighted by Gasteiger charge is 2.26. The third-order valence-electron chi connectivity index (χ3n) is 5.03. The van der Waals surface area contributed by atoms with E-state index in [2.05, 4.69) is 9.97 Å². The van der Waals surface area contributed by atoms with Crippen molar-refractivity contribution in [2.45, 2.75) is 18.8 Å². The van der Waals surface area contributed by atoms with Crippen molar-refractivity contribution in [1.82, 2.24) is 14.9 Å². The molecule has 1 saturated heterocycles. The van der Waals surface area contributed by atoms with Crippen LogP contribution in [0.2, 0.25) is 0 Å². The molecule has 0 radical (unpaired) electrons. The van der Waals surface area contributed by atoms with Crippen LogP contribution in [0.4, 0.5) is 0 Å². The smallest absolute Gasteiger partial charge is 0.335 e. The Balaban J connectivity index is 1.56. The van der Waals surface area contributed by atoms with Crippen molar-refractivity contribution in [2.75, 3.05) is 13.1 Å². The van der Waals surface area contributed by atoms with Gasteiger partial charge in [-0.15, -0.1) is 0 Å². The molecule has 4 rings (SSSR count). The summed E-state index contributed by atoms with van der Waals surface area (Å²) < 4.78 is 0. The van der Waals surface area contributed by atoms with Crippen molar-refractivity contribution in [3.05, 3.63) is 71.5 Å². The number of carboxylic acids is 1. The fourth-order valence-electron chi connectivity index (χ4n) is 3.64. The molecule has 6 heteroatoms. The first-order valence-electron chi connectivity index (χ1n) is 8.95. The zero-order valence-corrected chi connectivity index (χ0v) is 14.7. The maximum Gasteiger partial charge on any atom is 0.335 e. The van der Waals surface area contributed by atoms with Gasteiger partial charge in [-0.2, -0.15) is 0 Å². The number of likely N-dealkylation sites (tertiary alicyclic amines) is 1. The van der Waals surface area contributed by atoms with Gasteiger partial charge in [0.1, 0.15) is 0 Å². The van der Waals surface area contributed by atoms with Crippen LogP contribution in [0.1, 0.15) is 45.0 Å². The molecule has 1 aliphatic heterocycles. The maximum atomic E-state index is 13.0. The molecule has 1 atom stereocenters. The van der Waals surface area contributed by atoms with Gasteiger partial charge in [0, 0.05) is 37.0 Å². The number of carbonyl (C=O) groups is 2. The molecule has 0 spiro atoms. The number of nitrogens with zero attached hydrogens (tertiary/aromatic N) is 3. The molecule has 2 heterocycles. The summed E-state index contributed by atoms with van der Waals surface area (Å²) in [5.74, 6) is -0.818. The highest BCUT2D eigenvalue weighted by atomic mass is 16.4.